The summed E-state index contributed by atoms with van der Waals surface area (Å²) in [4.78, 5) is 8.67. The van der Waals surface area contributed by atoms with Crippen LogP contribution in [0.25, 0.3) is 0 Å². The number of nitrogens with zero attached hydrogens (tertiary/aromatic N) is 2. The van der Waals surface area contributed by atoms with Gasteiger partial charge in [0.05, 0.1) is 13.2 Å². The SMILES string of the molecule is CCCNC(=NCc1ccnc(OCC)c1)NCC. The van der Waals surface area contributed by atoms with E-state index in [2.05, 4.69) is 34.5 Å². The Bertz CT molecular complexity index is 393. The second-order valence-corrected chi connectivity index (χ2v) is 4.06. The maximum atomic E-state index is 5.37. The number of aliphatic imine (C=N–C) groups is 1. The van der Waals surface area contributed by atoms with Crippen LogP contribution in [-0.4, -0.2) is 30.6 Å². The van der Waals surface area contributed by atoms with Gasteiger partial charge in [-0.15, -0.1) is 0 Å². The lowest BCUT2D eigenvalue weighted by Gasteiger charge is -2.10. The van der Waals surface area contributed by atoms with Crippen molar-refractivity contribution in [2.75, 3.05) is 19.7 Å². The number of aromatic nitrogens is 1. The predicted molar refractivity (Wildman–Crippen MR) is 78.5 cm³/mol. The van der Waals surface area contributed by atoms with Crippen molar-refractivity contribution in [3.8, 4) is 5.88 Å². The van der Waals surface area contributed by atoms with Gasteiger partial charge in [-0.3, -0.25) is 0 Å². The van der Waals surface area contributed by atoms with Crippen LogP contribution in [0.15, 0.2) is 23.3 Å². The second-order valence-electron chi connectivity index (χ2n) is 4.06. The van der Waals surface area contributed by atoms with Gasteiger partial charge >= 0.3 is 0 Å². The van der Waals surface area contributed by atoms with Crippen LogP contribution in [0.2, 0.25) is 0 Å². The number of hydrogen-bond acceptors (Lipinski definition) is 3. The summed E-state index contributed by atoms with van der Waals surface area (Å²) in [5, 5.41) is 6.49. The van der Waals surface area contributed by atoms with E-state index < -0.39 is 0 Å². The summed E-state index contributed by atoms with van der Waals surface area (Å²) in [5.41, 5.74) is 1.09. The fourth-order valence-electron chi connectivity index (χ4n) is 1.53. The first kappa shape index (κ1) is 15.3. The lowest BCUT2D eigenvalue weighted by atomic mass is 10.3. The number of ether oxygens (including phenoxy) is 1. The van der Waals surface area contributed by atoms with Gasteiger partial charge < -0.3 is 15.4 Å². The first-order chi connectivity index (χ1) is 9.30. The van der Waals surface area contributed by atoms with E-state index in [1.54, 1.807) is 6.20 Å². The molecule has 2 N–H and O–H groups in total. The molecule has 0 spiro atoms. The molecule has 5 heteroatoms. The molecular weight excluding hydrogens is 240 g/mol. The molecule has 19 heavy (non-hydrogen) atoms. The van der Waals surface area contributed by atoms with Crippen molar-refractivity contribution in [3.63, 3.8) is 0 Å². The normalized spacial score (nSPS) is 11.2. The maximum Gasteiger partial charge on any atom is 0.213 e. The van der Waals surface area contributed by atoms with Crippen LogP contribution in [-0.2, 0) is 6.54 Å². The fraction of sp³-hybridized carbons (Fsp3) is 0.571. The van der Waals surface area contributed by atoms with Gasteiger partial charge in [-0.1, -0.05) is 6.92 Å². The van der Waals surface area contributed by atoms with Crippen LogP contribution in [0, 0.1) is 0 Å². The molecule has 1 rings (SSSR count). The van der Waals surface area contributed by atoms with Crippen LogP contribution >= 0.6 is 0 Å². The molecule has 1 aromatic rings. The molecule has 0 fully saturated rings. The van der Waals surface area contributed by atoms with E-state index in [4.69, 9.17) is 4.74 Å². The van der Waals surface area contributed by atoms with Crippen molar-refractivity contribution in [3.05, 3.63) is 23.9 Å². The van der Waals surface area contributed by atoms with Crippen LogP contribution in [0.1, 0.15) is 32.8 Å². The minimum absolute atomic E-state index is 0.613. The Kier molecular flexibility index (Phi) is 7.39. The quantitative estimate of drug-likeness (QED) is 0.584. The number of nitrogens with one attached hydrogen (secondary N) is 2. The van der Waals surface area contributed by atoms with Crippen molar-refractivity contribution in [1.82, 2.24) is 15.6 Å². The number of guanidine groups is 1. The molecule has 0 aliphatic rings. The van der Waals surface area contributed by atoms with Crippen LogP contribution in [0.5, 0.6) is 5.88 Å². The van der Waals surface area contributed by atoms with Crippen molar-refractivity contribution < 1.29 is 4.74 Å². The molecule has 0 aliphatic heterocycles. The van der Waals surface area contributed by atoms with E-state index in [-0.39, 0.29) is 0 Å². The van der Waals surface area contributed by atoms with Crippen LogP contribution < -0.4 is 15.4 Å². The average molecular weight is 264 g/mol. The topological polar surface area (TPSA) is 58.5 Å². The molecular formula is C14H24N4O. The third-order valence-electron chi connectivity index (χ3n) is 2.40. The number of pyridine rings is 1. The summed E-state index contributed by atoms with van der Waals surface area (Å²) in [6.07, 6.45) is 2.83. The molecule has 1 aromatic heterocycles. The third-order valence-corrected chi connectivity index (χ3v) is 2.40. The summed E-state index contributed by atoms with van der Waals surface area (Å²) in [6.45, 7) is 9.16. The molecule has 0 amide bonds. The zero-order valence-corrected chi connectivity index (χ0v) is 12.1. The van der Waals surface area contributed by atoms with Crippen molar-refractivity contribution in [1.29, 1.82) is 0 Å². The lowest BCUT2D eigenvalue weighted by molar-refractivity contribution is 0.326. The van der Waals surface area contributed by atoms with Crippen molar-refractivity contribution in [2.45, 2.75) is 33.7 Å². The van der Waals surface area contributed by atoms with E-state index in [9.17, 15) is 0 Å². The zero-order chi connectivity index (χ0) is 13.9. The molecule has 1 heterocycles. The Morgan fingerprint density at radius 1 is 1.32 bits per heavy atom. The van der Waals surface area contributed by atoms with E-state index in [0.29, 0.717) is 19.0 Å². The highest BCUT2D eigenvalue weighted by Crippen LogP contribution is 2.10. The van der Waals surface area contributed by atoms with Gasteiger partial charge in [0.1, 0.15) is 0 Å². The average Bonchev–Trinajstić information content (AvgIpc) is 2.43. The first-order valence-corrected chi connectivity index (χ1v) is 6.90. The number of rotatable bonds is 7. The summed E-state index contributed by atoms with van der Waals surface area (Å²) in [6, 6.07) is 3.88. The van der Waals surface area contributed by atoms with Crippen molar-refractivity contribution in [2.24, 2.45) is 4.99 Å². The number of hydrogen-bond donors (Lipinski definition) is 2. The predicted octanol–water partition coefficient (Wildman–Crippen LogP) is 1.95. The largest absolute Gasteiger partial charge is 0.478 e. The van der Waals surface area contributed by atoms with Gasteiger partial charge in [-0.2, -0.15) is 0 Å². The van der Waals surface area contributed by atoms with Gasteiger partial charge in [0.25, 0.3) is 0 Å². The molecule has 0 saturated carbocycles. The summed E-state index contributed by atoms with van der Waals surface area (Å²) < 4.78 is 5.37. The van der Waals surface area contributed by atoms with Gasteiger partial charge in [-0.05, 0) is 31.9 Å². The summed E-state index contributed by atoms with van der Waals surface area (Å²) in [5.74, 6) is 1.50. The highest BCUT2D eigenvalue weighted by molar-refractivity contribution is 5.79. The van der Waals surface area contributed by atoms with E-state index in [1.165, 1.54) is 0 Å². The van der Waals surface area contributed by atoms with Crippen molar-refractivity contribution >= 4 is 5.96 Å². The highest BCUT2D eigenvalue weighted by atomic mass is 16.5. The molecule has 106 valence electrons. The van der Waals surface area contributed by atoms with Crippen LogP contribution in [0.3, 0.4) is 0 Å². The van der Waals surface area contributed by atoms with E-state index in [0.717, 1.165) is 31.0 Å². The Balaban J connectivity index is 2.62. The summed E-state index contributed by atoms with van der Waals surface area (Å²) in [7, 11) is 0. The molecule has 0 unspecified atom stereocenters. The minimum Gasteiger partial charge on any atom is -0.478 e. The zero-order valence-electron chi connectivity index (χ0n) is 12.1. The van der Waals surface area contributed by atoms with Gasteiger partial charge in [0, 0.05) is 25.4 Å². The second kappa shape index (κ2) is 9.19. The summed E-state index contributed by atoms with van der Waals surface area (Å²) >= 11 is 0. The maximum absolute atomic E-state index is 5.37. The molecule has 0 saturated heterocycles. The lowest BCUT2D eigenvalue weighted by Crippen LogP contribution is -2.37. The molecule has 0 atom stereocenters. The Morgan fingerprint density at radius 2 is 2.16 bits per heavy atom. The van der Waals surface area contributed by atoms with E-state index >= 15 is 0 Å². The molecule has 5 nitrogen and oxygen atoms in total. The third kappa shape index (κ3) is 6.08. The minimum atomic E-state index is 0.613. The molecule has 0 aromatic carbocycles. The standard InChI is InChI=1S/C14H24N4O/c1-4-8-17-14(15-5-2)18-11-12-7-9-16-13(10-12)19-6-3/h7,9-10H,4-6,8,11H2,1-3H3,(H2,15,17,18). The van der Waals surface area contributed by atoms with Gasteiger partial charge in [0.15, 0.2) is 5.96 Å². The highest BCUT2D eigenvalue weighted by Gasteiger charge is 1.99. The molecule has 0 aliphatic carbocycles. The first-order valence-electron chi connectivity index (χ1n) is 6.90. The van der Waals surface area contributed by atoms with E-state index in [1.807, 2.05) is 19.1 Å². The van der Waals surface area contributed by atoms with Gasteiger partial charge in [-0.25, -0.2) is 9.98 Å². The monoisotopic (exact) mass is 264 g/mol. The molecule has 0 radical (unpaired) electrons. The Morgan fingerprint density at radius 3 is 2.84 bits per heavy atom. The van der Waals surface area contributed by atoms with Crippen LogP contribution in [0.4, 0.5) is 0 Å². The van der Waals surface area contributed by atoms with Gasteiger partial charge in [0.2, 0.25) is 5.88 Å². The fourth-order valence-corrected chi connectivity index (χ4v) is 1.53. The Labute approximate surface area is 115 Å². The smallest absolute Gasteiger partial charge is 0.213 e. The molecule has 0 bridgehead atoms. The Hall–Kier alpha value is -1.78.